The minimum Gasteiger partial charge on any atom is -0.394 e. The molecule has 0 aliphatic carbocycles. The largest absolute Gasteiger partial charge is 0.394 e. The van der Waals surface area contributed by atoms with Crippen LogP contribution in [0.3, 0.4) is 0 Å². The molecule has 186 valence electrons. The molecule has 1 saturated heterocycles. The van der Waals surface area contributed by atoms with E-state index in [1.54, 1.807) is 65.0 Å². The normalized spacial score (nSPS) is 15.3. The number of aryl methyl sites for hydroxylation is 1. The van der Waals surface area contributed by atoms with Crippen molar-refractivity contribution in [3.63, 3.8) is 0 Å². The van der Waals surface area contributed by atoms with Gasteiger partial charge in [-0.25, -0.2) is 5.48 Å². The summed E-state index contributed by atoms with van der Waals surface area (Å²) in [5.74, 6) is -1.28. The number of hydrogen-bond donors (Lipinski definition) is 4. The quantitative estimate of drug-likeness (QED) is 0.309. The molecule has 0 saturated carbocycles. The Labute approximate surface area is 209 Å². The molecule has 1 unspecified atom stereocenters. The molecule has 0 bridgehead atoms. The first-order valence-corrected chi connectivity index (χ1v) is 11.9. The van der Waals surface area contributed by atoms with Crippen LogP contribution in [0.4, 0.5) is 5.69 Å². The van der Waals surface area contributed by atoms with Crippen LogP contribution in [0.2, 0.25) is 0 Å². The number of benzene rings is 3. The van der Waals surface area contributed by atoms with Gasteiger partial charge in [0.25, 0.3) is 17.7 Å². The summed E-state index contributed by atoms with van der Waals surface area (Å²) in [6.45, 7) is 2.34. The Morgan fingerprint density at radius 1 is 0.944 bits per heavy atom. The summed E-state index contributed by atoms with van der Waals surface area (Å²) >= 11 is 0. The van der Waals surface area contributed by atoms with E-state index < -0.39 is 5.91 Å². The van der Waals surface area contributed by atoms with Gasteiger partial charge in [0.2, 0.25) is 0 Å². The zero-order chi connectivity index (χ0) is 25.7. The molecule has 0 spiro atoms. The number of amides is 3. The lowest BCUT2D eigenvalue weighted by Crippen LogP contribution is -2.45. The summed E-state index contributed by atoms with van der Waals surface area (Å²) in [6.07, 6.45) is 2.51. The SMILES string of the molecule is Cc1ccc(C(=O)Nc2cc(C(=O)N3CCCCC3CO)cc(-c3ccccc3C(=O)NO)c2)cc1. The highest BCUT2D eigenvalue weighted by Crippen LogP contribution is 2.30. The number of likely N-dealkylation sites (tertiary alicyclic amines) is 1. The van der Waals surface area contributed by atoms with Crippen molar-refractivity contribution >= 4 is 23.4 Å². The Kier molecular flexibility index (Phi) is 7.77. The maximum atomic E-state index is 13.6. The van der Waals surface area contributed by atoms with Crippen LogP contribution in [-0.4, -0.2) is 52.1 Å². The summed E-state index contributed by atoms with van der Waals surface area (Å²) in [5.41, 5.74) is 5.09. The average Bonchev–Trinajstić information content (AvgIpc) is 2.92. The van der Waals surface area contributed by atoms with E-state index in [0.717, 1.165) is 24.8 Å². The number of carbonyl (C=O) groups is 3. The fraction of sp³-hybridized carbons (Fsp3) is 0.250. The van der Waals surface area contributed by atoms with Crippen molar-refractivity contribution in [1.82, 2.24) is 10.4 Å². The zero-order valence-electron chi connectivity index (χ0n) is 20.0. The highest BCUT2D eigenvalue weighted by molar-refractivity contribution is 6.06. The second kappa shape index (κ2) is 11.2. The van der Waals surface area contributed by atoms with Gasteiger partial charge >= 0.3 is 0 Å². The molecule has 1 aliphatic rings. The van der Waals surface area contributed by atoms with Crippen LogP contribution in [0.5, 0.6) is 0 Å². The second-order valence-corrected chi connectivity index (χ2v) is 8.94. The third kappa shape index (κ3) is 5.45. The van der Waals surface area contributed by atoms with E-state index >= 15 is 0 Å². The smallest absolute Gasteiger partial charge is 0.275 e. The molecule has 0 aromatic heterocycles. The standard InChI is InChI=1S/C28H29N3O5/c1-18-9-11-19(12-10-18)26(33)29-22-15-20(24-7-2-3-8-25(24)27(34)30-36)14-21(16-22)28(35)31-13-5-4-6-23(31)17-32/h2-3,7-12,14-16,23,32,36H,4-6,13,17H2,1H3,(H,29,33)(H,30,34). The number of piperidine rings is 1. The van der Waals surface area contributed by atoms with Crippen LogP contribution < -0.4 is 10.8 Å². The van der Waals surface area contributed by atoms with E-state index in [4.69, 9.17) is 0 Å². The first kappa shape index (κ1) is 25.1. The first-order chi connectivity index (χ1) is 17.4. The number of nitrogens with one attached hydrogen (secondary N) is 2. The molecule has 8 heteroatoms. The van der Waals surface area contributed by atoms with E-state index in [9.17, 15) is 24.7 Å². The van der Waals surface area contributed by atoms with Crippen LogP contribution in [-0.2, 0) is 0 Å². The second-order valence-electron chi connectivity index (χ2n) is 8.94. The minimum absolute atomic E-state index is 0.123. The highest BCUT2D eigenvalue weighted by atomic mass is 16.5. The highest BCUT2D eigenvalue weighted by Gasteiger charge is 2.28. The van der Waals surface area contributed by atoms with Crippen molar-refractivity contribution in [2.24, 2.45) is 0 Å². The third-order valence-electron chi connectivity index (χ3n) is 6.43. The Balaban J connectivity index is 1.77. The van der Waals surface area contributed by atoms with Crippen molar-refractivity contribution in [1.29, 1.82) is 0 Å². The molecular formula is C28H29N3O5. The maximum absolute atomic E-state index is 13.6. The van der Waals surface area contributed by atoms with Gasteiger partial charge in [-0.15, -0.1) is 0 Å². The lowest BCUT2D eigenvalue weighted by molar-refractivity contribution is 0.0503. The van der Waals surface area contributed by atoms with Gasteiger partial charge in [-0.05, 0) is 73.7 Å². The molecule has 1 fully saturated rings. The number of carbonyl (C=O) groups excluding carboxylic acids is 3. The topological polar surface area (TPSA) is 119 Å². The molecule has 3 aromatic carbocycles. The monoisotopic (exact) mass is 487 g/mol. The van der Waals surface area contributed by atoms with Crippen molar-refractivity contribution in [2.45, 2.75) is 32.2 Å². The fourth-order valence-electron chi connectivity index (χ4n) is 4.50. The van der Waals surface area contributed by atoms with Gasteiger partial charge in [-0.1, -0.05) is 35.9 Å². The maximum Gasteiger partial charge on any atom is 0.275 e. The van der Waals surface area contributed by atoms with Crippen molar-refractivity contribution < 1.29 is 24.7 Å². The number of aliphatic hydroxyl groups excluding tert-OH is 1. The number of nitrogens with zero attached hydrogens (tertiary/aromatic N) is 1. The van der Waals surface area contributed by atoms with E-state index in [1.807, 2.05) is 19.1 Å². The van der Waals surface area contributed by atoms with E-state index in [1.165, 1.54) is 0 Å². The van der Waals surface area contributed by atoms with Crippen LogP contribution in [0, 0.1) is 6.92 Å². The predicted octanol–water partition coefficient (Wildman–Crippen LogP) is 4.02. The van der Waals surface area contributed by atoms with Crippen LogP contribution >= 0.6 is 0 Å². The summed E-state index contributed by atoms with van der Waals surface area (Å²) in [6, 6.07) is 18.5. The molecule has 1 atom stereocenters. The first-order valence-electron chi connectivity index (χ1n) is 11.9. The van der Waals surface area contributed by atoms with Crippen LogP contribution in [0.1, 0.15) is 55.9 Å². The molecular weight excluding hydrogens is 458 g/mol. The van der Waals surface area contributed by atoms with Gasteiger partial charge in [-0.2, -0.15) is 0 Å². The Morgan fingerprint density at radius 3 is 2.42 bits per heavy atom. The molecule has 4 N–H and O–H groups in total. The van der Waals surface area contributed by atoms with E-state index in [2.05, 4.69) is 5.32 Å². The van der Waals surface area contributed by atoms with Crippen LogP contribution in [0.15, 0.2) is 66.7 Å². The van der Waals surface area contributed by atoms with Crippen molar-refractivity contribution in [3.8, 4) is 11.1 Å². The Hall–Kier alpha value is -4.01. The Bertz CT molecular complexity index is 1270. The number of rotatable bonds is 6. The molecule has 1 aliphatic heterocycles. The molecule has 3 amide bonds. The lowest BCUT2D eigenvalue weighted by Gasteiger charge is -2.34. The summed E-state index contributed by atoms with van der Waals surface area (Å²) in [7, 11) is 0. The van der Waals surface area contributed by atoms with Crippen molar-refractivity contribution in [3.05, 3.63) is 89.0 Å². The number of aliphatic hydroxyl groups is 1. The van der Waals surface area contributed by atoms with Gasteiger partial charge < -0.3 is 15.3 Å². The zero-order valence-corrected chi connectivity index (χ0v) is 20.0. The molecule has 4 rings (SSSR count). The summed E-state index contributed by atoms with van der Waals surface area (Å²) in [4.78, 5) is 40.5. The average molecular weight is 488 g/mol. The van der Waals surface area contributed by atoms with E-state index in [-0.39, 0.29) is 30.0 Å². The molecule has 36 heavy (non-hydrogen) atoms. The number of hydrogen-bond acceptors (Lipinski definition) is 5. The van der Waals surface area contributed by atoms with Crippen LogP contribution in [0.25, 0.3) is 11.1 Å². The van der Waals surface area contributed by atoms with Gasteiger partial charge in [0.1, 0.15) is 0 Å². The molecule has 8 nitrogen and oxygen atoms in total. The van der Waals surface area contributed by atoms with Crippen molar-refractivity contribution in [2.75, 3.05) is 18.5 Å². The molecule has 3 aromatic rings. The summed E-state index contributed by atoms with van der Waals surface area (Å²) < 4.78 is 0. The van der Waals surface area contributed by atoms with Gasteiger partial charge in [0.05, 0.1) is 12.6 Å². The lowest BCUT2D eigenvalue weighted by atomic mass is 9.95. The molecule has 1 heterocycles. The third-order valence-corrected chi connectivity index (χ3v) is 6.43. The van der Waals surface area contributed by atoms with Gasteiger partial charge in [-0.3, -0.25) is 19.6 Å². The number of anilines is 1. The van der Waals surface area contributed by atoms with E-state index in [0.29, 0.717) is 34.5 Å². The summed E-state index contributed by atoms with van der Waals surface area (Å²) in [5, 5.41) is 21.9. The number of hydroxylamine groups is 1. The molecule has 0 radical (unpaired) electrons. The minimum atomic E-state index is -0.691. The Morgan fingerprint density at radius 2 is 1.69 bits per heavy atom. The van der Waals surface area contributed by atoms with Gasteiger partial charge in [0, 0.05) is 28.9 Å². The fourth-order valence-corrected chi connectivity index (χ4v) is 4.50. The van der Waals surface area contributed by atoms with Gasteiger partial charge in [0.15, 0.2) is 0 Å². The predicted molar refractivity (Wildman–Crippen MR) is 136 cm³/mol.